The Hall–Kier alpha value is -2.85. The highest BCUT2D eigenvalue weighted by Gasteiger charge is 2.53. The summed E-state index contributed by atoms with van der Waals surface area (Å²) in [4.78, 5) is 9.42. The maximum atomic E-state index is 4.24. The van der Waals surface area contributed by atoms with Crippen LogP contribution in [-0.4, -0.2) is 42.6 Å². The summed E-state index contributed by atoms with van der Waals surface area (Å²) in [6, 6.07) is 25.8. The molecule has 148 valence electrons. The number of likely N-dealkylation sites (tertiary alicyclic amines) is 1. The summed E-state index contributed by atoms with van der Waals surface area (Å²) >= 11 is 0. The van der Waals surface area contributed by atoms with Gasteiger partial charge in [-0.05, 0) is 35.7 Å². The van der Waals surface area contributed by atoms with Gasteiger partial charge in [-0.3, -0.25) is 9.88 Å². The summed E-state index contributed by atoms with van der Waals surface area (Å²) in [6.07, 6.45) is 3.74. The first-order valence-electron chi connectivity index (χ1n) is 10.5. The molecule has 1 aromatic heterocycles. The van der Waals surface area contributed by atoms with Crippen molar-refractivity contribution in [1.29, 1.82) is 0 Å². The van der Waals surface area contributed by atoms with E-state index in [1.54, 1.807) is 0 Å². The van der Waals surface area contributed by atoms with Crippen LogP contribution in [0.3, 0.4) is 0 Å². The molecule has 1 spiro atoms. The van der Waals surface area contributed by atoms with Crippen LogP contribution in [0.1, 0.15) is 5.56 Å². The van der Waals surface area contributed by atoms with Crippen LogP contribution in [0, 0.1) is 11.3 Å². The standard InChI is InChI=1S/C25H28N4/c1-3-8-21(9-4-1)16-28-17-22(14-27-23-10-7-13-26-15-23)25(18-28)19-29(20-25)24-11-5-2-6-12-24/h1-13,15,22,27H,14,16-20H2. The fraction of sp³-hybridized carbons (Fsp3) is 0.320. The first-order chi connectivity index (χ1) is 14.3. The molecule has 3 heterocycles. The molecule has 0 saturated carbocycles. The molecule has 0 bridgehead atoms. The van der Waals surface area contributed by atoms with Crippen molar-refractivity contribution in [3.05, 3.63) is 90.8 Å². The van der Waals surface area contributed by atoms with Gasteiger partial charge >= 0.3 is 0 Å². The van der Waals surface area contributed by atoms with E-state index < -0.39 is 0 Å². The van der Waals surface area contributed by atoms with Gasteiger partial charge in [0.25, 0.3) is 0 Å². The fourth-order valence-electron chi connectivity index (χ4n) is 4.99. The predicted octanol–water partition coefficient (Wildman–Crippen LogP) is 4.13. The van der Waals surface area contributed by atoms with Crippen molar-refractivity contribution in [2.24, 2.45) is 11.3 Å². The lowest BCUT2D eigenvalue weighted by Gasteiger charge is -2.52. The lowest BCUT2D eigenvalue weighted by Crippen LogP contribution is -2.61. The van der Waals surface area contributed by atoms with Gasteiger partial charge in [-0.25, -0.2) is 0 Å². The van der Waals surface area contributed by atoms with Crippen LogP contribution < -0.4 is 10.2 Å². The molecule has 0 aliphatic carbocycles. The molecule has 2 aliphatic rings. The van der Waals surface area contributed by atoms with Crippen LogP contribution in [0.5, 0.6) is 0 Å². The van der Waals surface area contributed by atoms with E-state index in [9.17, 15) is 0 Å². The van der Waals surface area contributed by atoms with Crippen LogP contribution in [0.15, 0.2) is 85.2 Å². The molecule has 2 fully saturated rings. The summed E-state index contributed by atoms with van der Waals surface area (Å²) in [5.74, 6) is 0.631. The number of aromatic nitrogens is 1. The maximum Gasteiger partial charge on any atom is 0.0526 e. The number of hydrogen-bond acceptors (Lipinski definition) is 4. The molecule has 0 amide bonds. The topological polar surface area (TPSA) is 31.4 Å². The van der Waals surface area contributed by atoms with E-state index >= 15 is 0 Å². The van der Waals surface area contributed by atoms with E-state index in [0.717, 1.165) is 38.4 Å². The van der Waals surface area contributed by atoms with E-state index in [2.05, 4.69) is 86.8 Å². The number of para-hydroxylation sites is 1. The molecule has 5 rings (SSSR count). The molecule has 29 heavy (non-hydrogen) atoms. The quantitative estimate of drug-likeness (QED) is 0.692. The van der Waals surface area contributed by atoms with Gasteiger partial charge in [0.1, 0.15) is 0 Å². The van der Waals surface area contributed by atoms with Crippen LogP contribution >= 0.6 is 0 Å². The molecule has 2 aromatic carbocycles. The van der Waals surface area contributed by atoms with E-state index in [1.165, 1.54) is 17.8 Å². The van der Waals surface area contributed by atoms with E-state index in [0.29, 0.717) is 11.3 Å². The second-order valence-corrected chi connectivity index (χ2v) is 8.53. The Kier molecular flexibility index (Phi) is 4.94. The largest absolute Gasteiger partial charge is 0.383 e. The Morgan fingerprint density at radius 2 is 1.66 bits per heavy atom. The highest BCUT2D eigenvalue weighted by molar-refractivity contribution is 5.50. The first-order valence-corrected chi connectivity index (χ1v) is 10.5. The Morgan fingerprint density at radius 3 is 2.38 bits per heavy atom. The van der Waals surface area contributed by atoms with Gasteiger partial charge in [0, 0.05) is 62.8 Å². The number of nitrogens with one attached hydrogen (secondary N) is 1. The lowest BCUT2D eigenvalue weighted by molar-refractivity contribution is 0.162. The predicted molar refractivity (Wildman–Crippen MR) is 119 cm³/mol. The van der Waals surface area contributed by atoms with Crippen LogP contribution in [0.4, 0.5) is 11.4 Å². The van der Waals surface area contributed by atoms with Crippen molar-refractivity contribution >= 4 is 11.4 Å². The van der Waals surface area contributed by atoms with Crippen LogP contribution in [-0.2, 0) is 6.54 Å². The van der Waals surface area contributed by atoms with Gasteiger partial charge in [-0.15, -0.1) is 0 Å². The Balaban J connectivity index is 1.29. The van der Waals surface area contributed by atoms with Gasteiger partial charge < -0.3 is 10.2 Å². The molecule has 2 saturated heterocycles. The van der Waals surface area contributed by atoms with Gasteiger partial charge in [-0.2, -0.15) is 0 Å². The van der Waals surface area contributed by atoms with E-state index in [4.69, 9.17) is 0 Å². The fourth-order valence-corrected chi connectivity index (χ4v) is 4.99. The van der Waals surface area contributed by atoms with Crippen molar-refractivity contribution < 1.29 is 0 Å². The zero-order chi connectivity index (χ0) is 19.5. The van der Waals surface area contributed by atoms with Crippen molar-refractivity contribution in [1.82, 2.24) is 9.88 Å². The number of pyridine rings is 1. The zero-order valence-electron chi connectivity index (χ0n) is 16.7. The number of benzene rings is 2. The third-order valence-electron chi connectivity index (χ3n) is 6.48. The van der Waals surface area contributed by atoms with Crippen molar-refractivity contribution in [2.75, 3.05) is 42.9 Å². The summed E-state index contributed by atoms with van der Waals surface area (Å²) in [5, 5.41) is 3.64. The van der Waals surface area contributed by atoms with Gasteiger partial charge in [0.15, 0.2) is 0 Å². The number of hydrogen-bond donors (Lipinski definition) is 1. The minimum Gasteiger partial charge on any atom is -0.383 e. The highest BCUT2D eigenvalue weighted by Crippen LogP contribution is 2.46. The molecule has 1 unspecified atom stereocenters. The van der Waals surface area contributed by atoms with Gasteiger partial charge in [0.05, 0.1) is 5.69 Å². The van der Waals surface area contributed by atoms with Crippen molar-refractivity contribution in [3.63, 3.8) is 0 Å². The second-order valence-electron chi connectivity index (χ2n) is 8.53. The Labute approximate surface area is 173 Å². The molecule has 3 aromatic rings. The third-order valence-corrected chi connectivity index (χ3v) is 6.48. The molecule has 1 atom stereocenters. The summed E-state index contributed by atoms with van der Waals surface area (Å²) in [5.41, 5.74) is 4.23. The van der Waals surface area contributed by atoms with Gasteiger partial charge in [0.2, 0.25) is 0 Å². The van der Waals surface area contributed by atoms with Crippen molar-refractivity contribution in [2.45, 2.75) is 6.54 Å². The second kappa shape index (κ2) is 7.88. The highest BCUT2D eigenvalue weighted by atomic mass is 15.3. The molecule has 2 aliphatic heterocycles. The SMILES string of the molecule is c1ccc(CN2CC(CNc3cccnc3)C3(C2)CN(c2ccccc2)C3)cc1. The monoisotopic (exact) mass is 384 g/mol. The summed E-state index contributed by atoms with van der Waals surface area (Å²) < 4.78 is 0. The summed E-state index contributed by atoms with van der Waals surface area (Å²) in [6.45, 7) is 6.63. The third kappa shape index (κ3) is 3.85. The number of anilines is 2. The summed E-state index contributed by atoms with van der Waals surface area (Å²) in [7, 11) is 0. The molecule has 1 N–H and O–H groups in total. The normalized spacial score (nSPS) is 20.6. The van der Waals surface area contributed by atoms with E-state index in [1.807, 2.05) is 18.5 Å². The Morgan fingerprint density at radius 1 is 0.897 bits per heavy atom. The minimum atomic E-state index is 0.361. The number of rotatable bonds is 6. The van der Waals surface area contributed by atoms with Crippen LogP contribution in [0.2, 0.25) is 0 Å². The average Bonchev–Trinajstić information content (AvgIpc) is 3.11. The molecule has 4 heteroatoms. The zero-order valence-corrected chi connectivity index (χ0v) is 16.7. The molecule has 4 nitrogen and oxygen atoms in total. The molecular weight excluding hydrogens is 356 g/mol. The number of nitrogens with zero attached hydrogens (tertiary/aromatic N) is 3. The van der Waals surface area contributed by atoms with Gasteiger partial charge in [-0.1, -0.05) is 48.5 Å². The van der Waals surface area contributed by atoms with Crippen LogP contribution in [0.25, 0.3) is 0 Å². The Bertz CT molecular complexity index is 907. The average molecular weight is 385 g/mol. The van der Waals surface area contributed by atoms with Crippen molar-refractivity contribution in [3.8, 4) is 0 Å². The smallest absolute Gasteiger partial charge is 0.0526 e. The lowest BCUT2D eigenvalue weighted by atomic mass is 9.71. The first kappa shape index (κ1) is 18.2. The van der Waals surface area contributed by atoms with E-state index in [-0.39, 0.29) is 0 Å². The maximum absolute atomic E-state index is 4.24. The molecular formula is C25H28N4. The minimum absolute atomic E-state index is 0.361. The molecule has 0 radical (unpaired) electrons.